The molecule has 0 heterocycles. The predicted octanol–water partition coefficient (Wildman–Crippen LogP) is 11.2. The van der Waals surface area contributed by atoms with Crippen molar-refractivity contribution < 1.29 is 0 Å². The van der Waals surface area contributed by atoms with Gasteiger partial charge in [-0.2, -0.15) is 0 Å². The third-order valence-electron chi connectivity index (χ3n) is 8.57. The van der Waals surface area contributed by atoms with Gasteiger partial charge in [-0.1, -0.05) is 128 Å². The highest BCUT2D eigenvalue weighted by Crippen LogP contribution is 2.54. The average molecular weight is 530 g/mol. The summed E-state index contributed by atoms with van der Waals surface area (Å²) in [6, 6.07) is 31.8. The Hall–Kier alpha value is -3.32. The molecule has 4 aromatic rings. The molecule has 0 amide bonds. The van der Waals surface area contributed by atoms with Crippen LogP contribution in [0.15, 0.2) is 84.9 Å². The Bertz CT molecular complexity index is 1550. The van der Waals surface area contributed by atoms with E-state index in [0.717, 1.165) is 0 Å². The van der Waals surface area contributed by atoms with Gasteiger partial charge in [0.15, 0.2) is 0 Å². The Morgan fingerprint density at radius 1 is 0.525 bits per heavy atom. The molecule has 0 aliphatic heterocycles. The zero-order valence-electron chi connectivity index (χ0n) is 26.5. The lowest BCUT2D eigenvalue weighted by Gasteiger charge is -2.44. The van der Waals surface area contributed by atoms with Crippen LogP contribution in [0.4, 0.5) is 11.4 Å². The molecule has 1 nitrogen and oxygen atoms in total. The van der Waals surface area contributed by atoms with E-state index < -0.39 is 0 Å². The van der Waals surface area contributed by atoms with Crippen molar-refractivity contribution in [2.24, 2.45) is 0 Å². The number of anilines is 2. The minimum absolute atomic E-state index is 0.0300. The summed E-state index contributed by atoms with van der Waals surface area (Å²) in [6.45, 7) is 26.0. The molecule has 1 aliphatic carbocycles. The summed E-state index contributed by atoms with van der Waals surface area (Å²) in [4.78, 5) is 2.66. The number of fused-ring (bicyclic) bond motifs is 3. The average Bonchev–Trinajstić information content (AvgIpc) is 3.09. The fourth-order valence-corrected chi connectivity index (χ4v) is 6.58. The largest absolute Gasteiger partial charge is 0.335 e. The van der Waals surface area contributed by atoms with Gasteiger partial charge in [-0.3, -0.25) is 0 Å². The smallest absolute Gasteiger partial charge is 0.0533 e. The van der Waals surface area contributed by atoms with E-state index in [1.54, 1.807) is 0 Å². The van der Waals surface area contributed by atoms with E-state index in [-0.39, 0.29) is 21.8 Å². The Kier molecular flexibility index (Phi) is 6.61. The quantitative estimate of drug-likeness (QED) is 0.255. The van der Waals surface area contributed by atoms with Crippen LogP contribution in [0.3, 0.4) is 0 Å². The third kappa shape index (κ3) is 4.68. The van der Waals surface area contributed by atoms with Gasteiger partial charge in [-0.15, -0.1) is 0 Å². The zero-order valence-corrected chi connectivity index (χ0v) is 26.5. The van der Waals surface area contributed by atoms with Crippen molar-refractivity contribution in [1.82, 2.24) is 0 Å². The molecule has 208 valence electrons. The first-order valence-electron chi connectivity index (χ1n) is 14.8. The lowest BCUT2D eigenvalue weighted by molar-refractivity contribution is 0.532. The molecular weight excluding hydrogens is 482 g/mol. The monoisotopic (exact) mass is 529 g/mol. The number of para-hydroxylation sites is 1. The number of hydrogen-bond donors (Lipinski definition) is 0. The third-order valence-corrected chi connectivity index (χ3v) is 8.57. The zero-order chi connectivity index (χ0) is 29.3. The van der Waals surface area contributed by atoms with Crippen LogP contribution in [0.2, 0.25) is 0 Å². The van der Waals surface area contributed by atoms with Gasteiger partial charge < -0.3 is 4.90 Å². The summed E-state index contributed by atoms with van der Waals surface area (Å²) in [5, 5.41) is 0. The molecule has 40 heavy (non-hydrogen) atoms. The fourth-order valence-electron chi connectivity index (χ4n) is 6.58. The number of benzene rings is 4. The first-order chi connectivity index (χ1) is 18.5. The molecule has 4 aromatic carbocycles. The van der Waals surface area contributed by atoms with E-state index in [1.807, 2.05) is 0 Å². The highest BCUT2D eigenvalue weighted by atomic mass is 15.2. The summed E-state index contributed by atoms with van der Waals surface area (Å²) in [6.07, 6.45) is 0. The summed E-state index contributed by atoms with van der Waals surface area (Å²) in [7, 11) is 0. The van der Waals surface area contributed by atoms with E-state index in [1.165, 1.54) is 55.9 Å². The van der Waals surface area contributed by atoms with E-state index in [4.69, 9.17) is 0 Å². The molecule has 0 spiro atoms. The number of nitrogens with zero attached hydrogens (tertiary/aromatic N) is 1. The Morgan fingerprint density at radius 3 is 1.70 bits per heavy atom. The van der Waals surface area contributed by atoms with Crippen molar-refractivity contribution in [2.75, 3.05) is 4.90 Å². The standard InChI is InChI=1S/C39H47N/c1-36(2,3)31-23-17-21-27(26-18-13-12-14-19-26)35(31)40(38(7,8)9)34-25-32-29(24-33(34)37(4,5)6)28-20-15-16-22-30(28)39(32,10)11/h12-25H,1-11H3. The van der Waals surface area contributed by atoms with Crippen molar-refractivity contribution in [1.29, 1.82) is 0 Å². The van der Waals surface area contributed by atoms with Crippen LogP contribution in [0.1, 0.15) is 98.4 Å². The minimum atomic E-state index is -0.172. The van der Waals surface area contributed by atoms with Crippen LogP contribution in [-0.4, -0.2) is 5.54 Å². The van der Waals surface area contributed by atoms with Gasteiger partial charge >= 0.3 is 0 Å². The maximum atomic E-state index is 2.66. The van der Waals surface area contributed by atoms with Crippen molar-refractivity contribution >= 4 is 11.4 Å². The van der Waals surface area contributed by atoms with Gasteiger partial charge in [0.25, 0.3) is 0 Å². The van der Waals surface area contributed by atoms with E-state index in [9.17, 15) is 0 Å². The molecule has 0 aromatic heterocycles. The van der Waals surface area contributed by atoms with Crippen molar-refractivity contribution in [3.05, 3.63) is 107 Å². The van der Waals surface area contributed by atoms with Gasteiger partial charge in [-0.25, -0.2) is 0 Å². The van der Waals surface area contributed by atoms with Gasteiger partial charge in [0.2, 0.25) is 0 Å². The van der Waals surface area contributed by atoms with Crippen LogP contribution < -0.4 is 4.90 Å². The van der Waals surface area contributed by atoms with Gasteiger partial charge in [0.1, 0.15) is 0 Å². The Balaban J connectivity index is 1.91. The van der Waals surface area contributed by atoms with Crippen LogP contribution in [0.25, 0.3) is 22.3 Å². The first-order valence-corrected chi connectivity index (χ1v) is 14.8. The first kappa shape index (κ1) is 28.2. The molecule has 0 unspecified atom stereocenters. The molecule has 0 bridgehead atoms. The van der Waals surface area contributed by atoms with Crippen LogP contribution >= 0.6 is 0 Å². The maximum Gasteiger partial charge on any atom is 0.0533 e. The number of rotatable bonds is 3. The Labute approximate surface area is 243 Å². The molecule has 0 N–H and O–H groups in total. The second-order valence-electron chi connectivity index (χ2n) is 15.2. The van der Waals surface area contributed by atoms with E-state index in [2.05, 4.69) is 166 Å². The lowest BCUT2D eigenvalue weighted by Crippen LogP contribution is -2.41. The molecule has 1 heteroatoms. The normalized spacial score (nSPS) is 14.6. The molecule has 0 atom stereocenters. The van der Waals surface area contributed by atoms with E-state index >= 15 is 0 Å². The highest BCUT2D eigenvalue weighted by molar-refractivity contribution is 5.90. The van der Waals surface area contributed by atoms with Gasteiger partial charge in [0, 0.05) is 22.2 Å². The molecule has 5 rings (SSSR count). The van der Waals surface area contributed by atoms with Crippen molar-refractivity contribution in [2.45, 2.75) is 97.9 Å². The van der Waals surface area contributed by atoms with Crippen LogP contribution in [-0.2, 0) is 16.2 Å². The molecule has 0 radical (unpaired) electrons. The minimum Gasteiger partial charge on any atom is -0.335 e. The summed E-state index contributed by atoms with van der Waals surface area (Å²) >= 11 is 0. The second kappa shape index (κ2) is 9.37. The fraction of sp³-hybridized carbons (Fsp3) is 0.385. The topological polar surface area (TPSA) is 3.24 Å². The molecule has 0 fully saturated rings. The van der Waals surface area contributed by atoms with Gasteiger partial charge in [0.05, 0.1) is 5.69 Å². The summed E-state index contributed by atoms with van der Waals surface area (Å²) in [5.74, 6) is 0. The predicted molar refractivity (Wildman–Crippen MR) is 175 cm³/mol. The highest BCUT2D eigenvalue weighted by Gasteiger charge is 2.40. The van der Waals surface area contributed by atoms with Crippen molar-refractivity contribution in [3.8, 4) is 22.3 Å². The number of hydrogen-bond acceptors (Lipinski definition) is 1. The van der Waals surface area contributed by atoms with E-state index in [0.29, 0.717) is 0 Å². The summed E-state index contributed by atoms with van der Waals surface area (Å²) < 4.78 is 0. The van der Waals surface area contributed by atoms with Crippen LogP contribution in [0, 0.1) is 0 Å². The van der Waals surface area contributed by atoms with Crippen LogP contribution in [0.5, 0.6) is 0 Å². The molecule has 0 saturated carbocycles. The SMILES string of the molecule is CC(C)(C)c1cc2c(cc1N(c1c(-c3ccccc3)cccc1C(C)(C)C)C(C)(C)C)C(C)(C)c1ccccc1-2. The Morgan fingerprint density at radius 2 is 1.10 bits per heavy atom. The lowest BCUT2D eigenvalue weighted by atomic mass is 9.77. The molecule has 0 saturated heterocycles. The molecular formula is C39H47N. The summed E-state index contributed by atoms with van der Waals surface area (Å²) in [5.41, 5.74) is 13.2. The molecule has 1 aliphatic rings. The van der Waals surface area contributed by atoms with Crippen molar-refractivity contribution in [3.63, 3.8) is 0 Å². The maximum absolute atomic E-state index is 2.66. The van der Waals surface area contributed by atoms with Gasteiger partial charge in [-0.05, 0) is 82.7 Å². The second-order valence-corrected chi connectivity index (χ2v) is 15.2.